The highest BCUT2D eigenvalue weighted by Gasteiger charge is 2.21. The van der Waals surface area contributed by atoms with Crippen molar-refractivity contribution in [2.75, 3.05) is 0 Å². The van der Waals surface area contributed by atoms with Crippen LogP contribution in [-0.2, 0) is 0 Å². The minimum Gasteiger partial charge on any atom is -0.288 e. The molecule has 34 heavy (non-hydrogen) atoms. The van der Waals surface area contributed by atoms with E-state index in [0.717, 1.165) is 0 Å². The first-order valence-electron chi connectivity index (χ1n) is 10.2. The van der Waals surface area contributed by atoms with Gasteiger partial charge in [0.1, 0.15) is 0 Å². The number of benzene rings is 3. The number of hydrogen-bond acceptors (Lipinski definition) is 6. The van der Waals surface area contributed by atoms with Crippen LogP contribution in [0.15, 0.2) is 105 Å². The molecule has 0 saturated heterocycles. The summed E-state index contributed by atoms with van der Waals surface area (Å²) in [7, 11) is 0. The van der Waals surface area contributed by atoms with Gasteiger partial charge in [0, 0.05) is 11.1 Å². The quantitative estimate of drug-likeness (QED) is 0.359. The molecule has 10 nitrogen and oxygen atoms in total. The van der Waals surface area contributed by atoms with Crippen LogP contribution in [0.5, 0.6) is 0 Å². The van der Waals surface area contributed by atoms with Crippen LogP contribution < -0.4 is 11.1 Å². The first-order valence-corrected chi connectivity index (χ1v) is 10.2. The summed E-state index contributed by atoms with van der Waals surface area (Å²) in [6.07, 6.45) is 0. The largest absolute Gasteiger partial charge is 0.301 e. The molecule has 0 atom stereocenters. The molecule has 166 valence electrons. The standard InChI is InChI=1S/C24H16N6O4/c31-23-21(27-33)19(25-29(23)17-10-3-1-4-11-17)15-8-7-9-16(14-15)20-22(28-34)24(32)30(26-20)18-12-5-2-6-13-18/h1-14,25-26H. The van der Waals surface area contributed by atoms with E-state index in [9.17, 15) is 19.4 Å². The highest BCUT2D eigenvalue weighted by atomic mass is 16.3. The smallest absolute Gasteiger partial charge is 0.288 e. The molecule has 0 aliphatic heterocycles. The average Bonchev–Trinajstić information content (AvgIpc) is 3.41. The molecule has 2 aromatic heterocycles. The Balaban J connectivity index is 1.66. The Labute approximate surface area is 191 Å². The van der Waals surface area contributed by atoms with Gasteiger partial charge in [0.25, 0.3) is 0 Å². The molecule has 0 aliphatic carbocycles. The third-order valence-electron chi connectivity index (χ3n) is 5.38. The van der Waals surface area contributed by atoms with Gasteiger partial charge in [-0.15, -0.1) is 9.81 Å². The van der Waals surface area contributed by atoms with Crippen molar-refractivity contribution in [2.45, 2.75) is 0 Å². The van der Waals surface area contributed by atoms with Gasteiger partial charge in [-0.2, -0.15) is 0 Å². The van der Waals surface area contributed by atoms with E-state index in [1.165, 1.54) is 9.36 Å². The number of H-pyrrole nitrogens is 2. The number of aromatic nitrogens is 4. The Kier molecular flexibility index (Phi) is 5.15. The van der Waals surface area contributed by atoms with Gasteiger partial charge in [-0.25, -0.2) is 9.36 Å². The number of aromatic amines is 2. The van der Waals surface area contributed by atoms with Gasteiger partial charge in [0.15, 0.2) is 11.4 Å². The maximum absolute atomic E-state index is 12.8. The molecule has 5 aromatic rings. The fourth-order valence-corrected chi connectivity index (χ4v) is 3.78. The minimum absolute atomic E-state index is 0.205. The molecular formula is C24H16N6O4. The summed E-state index contributed by atoms with van der Waals surface area (Å²) >= 11 is 0. The van der Waals surface area contributed by atoms with Crippen LogP contribution in [0.2, 0.25) is 0 Å². The molecule has 0 radical (unpaired) electrons. The minimum atomic E-state index is -0.597. The van der Waals surface area contributed by atoms with Crippen molar-refractivity contribution in [1.82, 2.24) is 19.6 Å². The van der Waals surface area contributed by atoms with Gasteiger partial charge in [-0.3, -0.25) is 19.8 Å². The lowest BCUT2D eigenvalue weighted by Crippen LogP contribution is -2.13. The Bertz CT molecular complexity index is 1510. The van der Waals surface area contributed by atoms with Gasteiger partial charge in [-0.05, 0) is 40.7 Å². The molecule has 0 fully saturated rings. The molecule has 0 bridgehead atoms. The maximum atomic E-state index is 12.8. The zero-order chi connectivity index (χ0) is 23.7. The van der Waals surface area contributed by atoms with E-state index in [4.69, 9.17) is 0 Å². The summed E-state index contributed by atoms with van der Waals surface area (Å²) in [4.78, 5) is 48.6. The SMILES string of the molecule is O=Nc1c(-c2cccc(-c3[nH]n(-c4ccccc4)c(=O)c3N=O)c2)[nH]n(-c2ccccc2)c1=O. The van der Waals surface area contributed by atoms with E-state index in [0.29, 0.717) is 22.5 Å². The predicted molar refractivity (Wildman–Crippen MR) is 128 cm³/mol. The predicted octanol–water partition coefficient (Wildman–Crippen LogP) is 4.77. The summed E-state index contributed by atoms with van der Waals surface area (Å²) in [6, 6.07) is 24.2. The highest BCUT2D eigenvalue weighted by molar-refractivity contribution is 5.79. The Morgan fingerprint density at radius 1 is 0.559 bits per heavy atom. The fraction of sp³-hybridized carbons (Fsp3) is 0. The molecular weight excluding hydrogens is 436 g/mol. The van der Waals surface area contributed by atoms with Gasteiger partial charge >= 0.3 is 11.1 Å². The van der Waals surface area contributed by atoms with Gasteiger partial charge < -0.3 is 0 Å². The van der Waals surface area contributed by atoms with Gasteiger partial charge in [-0.1, -0.05) is 54.6 Å². The van der Waals surface area contributed by atoms with E-state index in [1.807, 2.05) is 12.1 Å². The number of hydrogen-bond donors (Lipinski definition) is 2. The van der Waals surface area contributed by atoms with Gasteiger partial charge in [0.05, 0.1) is 22.8 Å². The normalized spacial score (nSPS) is 10.8. The summed E-state index contributed by atoms with van der Waals surface area (Å²) in [5.74, 6) is 0. The second-order valence-corrected chi connectivity index (χ2v) is 7.39. The second kappa shape index (κ2) is 8.43. The monoisotopic (exact) mass is 452 g/mol. The third-order valence-corrected chi connectivity index (χ3v) is 5.38. The molecule has 0 saturated carbocycles. The number of rotatable bonds is 6. The molecule has 0 spiro atoms. The van der Waals surface area contributed by atoms with Crippen molar-refractivity contribution in [3.05, 3.63) is 115 Å². The number of nitrogens with one attached hydrogen (secondary N) is 2. The summed E-state index contributed by atoms with van der Waals surface area (Å²) in [6.45, 7) is 0. The molecule has 3 aromatic carbocycles. The highest BCUT2D eigenvalue weighted by Crippen LogP contribution is 2.32. The first-order chi connectivity index (χ1) is 16.6. The van der Waals surface area contributed by atoms with E-state index < -0.39 is 11.1 Å². The maximum Gasteiger partial charge on any atom is 0.301 e. The van der Waals surface area contributed by atoms with Crippen LogP contribution in [0.4, 0.5) is 11.4 Å². The van der Waals surface area contributed by atoms with Crippen molar-refractivity contribution < 1.29 is 0 Å². The van der Waals surface area contributed by atoms with Crippen molar-refractivity contribution in [3.8, 4) is 33.9 Å². The molecule has 2 heterocycles. The average molecular weight is 452 g/mol. The molecule has 0 amide bonds. The number of para-hydroxylation sites is 2. The van der Waals surface area contributed by atoms with Crippen molar-refractivity contribution in [3.63, 3.8) is 0 Å². The third kappa shape index (κ3) is 3.39. The van der Waals surface area contributed by atoms with E-state index in [-0.39, 0.29) is 22.8 Å². The topological polar surface area (TPSA) is 134 Å². The van der Waals surface area contributed by atoms with Crippen LogP contribution in [0.3, 0.4) is 0 Å². The first kappa shape index (κ1) is 20.8. The fourth-order valence-electron chi connectivity index (χ4n) is 3.78. The summed E-state index contributed by atoms with van der Waals surface area (Å²) in [5.41, 5.74) is 0.643. The summed E-state index contributed by atoms with van der Waals surface area (Å²) in [5, 5.41) is 11.7. The van der Waals surface area contributed by atoms with Crippen molar-refractivity contribution >= 4 is 11.4 Å². The molecule has 2 N–H and O–H groups in total. The zero-order valence-corrected chi connectivity index (χ0v) is 17.5. The lowest BCUT2D eigenvalue weighted by atomic mass is 10.0. The van der Waals surface area contributed by atoms with Gasteiger partial charge in [0.2, 0.25) is 0 Å². The number of nitroso groups, excluding NO2 is 2. The summed E-state index contributed by atoms with van der Waals surface area (Å²) < 4.78 is 2.45. The lowest BCUT2D eigenvalue weighted by Gasteiger charge is -2.05. The van der Waals surface area contributed by atoms with E-state index >= 15 is 0 Å². The van der Waals surface area contributed by atoms with Crippen LogP contribution in [-0.4, -0.2) is 19.6 Å². The molecule has 5 rings (SSSR count). The van der Waals surface area contributed by atoms with E-state index in [2.05, 4.69) is 20.6 Å². The molecule has 0 aliphatic rings. The number of nitrogens with zero attached hydrogens (tertiary/aromatic N) is 4. The van der Waals surface area contributed by atoms with Crippen LogP contribution in [0, 0.1) is 9.81 Å². The Hall–Kier alpha value is -5.12. The Morgan fingerprint density at radius 3 is 1.35 bits per heavy atom. The molecule has 10 heteroatoms. The van der Waals surface area contributed by atoms with Crippen LogP contribution in [0.25, 0.3) is 33.9 Å². The van der Waals surface area contributed by atoms with Crippen LogP contribution in [0.1, 0.15) is 0 Å². The second-order valence-electron chi connectivity index (χ2n) is 7.39. The molecule has 0 unspecified atom stereocenters. The van der Waals surface area contributed by atoms with Crippen molar-refractivity contribution in [1.29, 1.82) is 0 Å². The Morgan fingerprint density at radius 2 is 0.971 bits per heavy atom. The van der Waals surface area contributed by atoms with E-state index in [1.54, 1.807) is 72.8 Å². The lowest BCUT2D eigenvalue weighted by molar-refractivity contribution is 0.851. The van der Waals surface area contributed by atoms with Crippen LogP contribution >= 0.6 is 0 Å². The van der Waals surface area contributed by atoms with Crippen molar-refractivity contribution in [2.24, 2.45) is 10.4 Å². The zero-order valence-electron chi connectivity index (χ0n) is 17.5.